The molecule has 0 aliphatic carbocycles. The summed E-state index contributed by atoms with van der Waals surface area (Å²) in [6, 6.07) is 5.81. The summed E-state index contributed by atoms with van der Waals surface area (Å²) >= 11 is 3.44. The molecule has 0 radical (unpaired) electrons. The van der Waals surface area contributed by atoms with Gasteiger partial charge in [0, 0.05) is 10.0 Å². The van der Waals surface area contributed by atoms with Crippen LogP contribution in [0.25, 0.3) is 0 Å². The van der Waals surface area contributed by atoms with Crippen LogP contribution in [0, 0.1) is 5.41 Å². The van der Waals surface area contributed by atoms with Crippen LogP contribution in [-0.2, 0) is 4.79 Å². The standard InChI is InChI=1S/C13H17BrN2O/c1-12(2)11(17)15-9-6-5-8(14)7-10(9)16-13(12,3)4/h5-7,16H,1-4H3,(H,15,17). The van der Waals surface area contributed by atoms with Gasteiger partial charge in [-0.1, -0.05) is 15.9 Å². The number of amides is 1. The zero-order valence-corrected chi connectivity index (χ0v) is 12.1. The smallest absolute Gasteiger partial charge is 0.232 e. The van der Waals surface area contributed by atoms with E-state index in [9.17, 15) is 4.79 Å². The summed E-state index contributed by atoms with van der Waals surface area (Å²) < 4.78 is 0.994. The number of halogens is 1. The van der Waals surface area contributed by atoms with Gasteiger partial charge in [-0.3, -0.25) is 4.79 Å². The molecule has 4 heteroatoms. The lowest BCUT2D eigenvalue weighted by Gasteiger charge is -2.39. The van der Waals surface area contributed by atoms with Crippen LogP contribution in [0.1, 0.15) is 27.7 Å². The molecule has 0 spiro atoms. The lowest BCUT2D eigenvalue weighted by atomic mass is 9.74. The van der Waals surface area contributed by atoms with E-state index in [-0.39, 0.29) is 11.4 Å². The lowest BCUT2D eigenvalue weighted by molar-refractivity contribution is -0.126. The molecule has 1 aromatic carbocycles. The normalized spacial score (nSPS) is 20.9. The number of fused-ring (bicyclic) bond motifs is 1. The third-order valence-electron chi connectivity index (χ3n) is 3.81. The van der Waals surface area contributed by atoms with Gasteiger partial charge in [-0.15, -0.1) is 0 Å². The molecule has 1 heterocycles. The summed E-state index contributed by atoms with van der Waals surface area (Å²) in [5.74, 6) is 0.0380. The minimum Gasteiger partial charge on any atom is -0.377 e. The molecule has 0 unspecified atom stereocenters. The molecule has 0 fully saturated rings. The van der Waals surface area contributed by atoms with E-state index in [2.05, 4.69) is 26.6 Å². The van der Waals surface area contributed by atoms with Crippen LogP contribution in [0.15, 0.2) is 22.7 Å². The quantitative estimate of drug-likeness (QED) is 0.768. The van der Waals surface area contributed by atoms with E-state index in [1.54, 1.807) is 0 Å². The summed E-state index contributed by atoms with van der Waals surface area (Å²) in [5, 5.41) is 6.42. The van der Waals surface area contributed by atoms with E-state index in [0.717, 1.165) is 15.8 Å². The van der Waals surface area contributed by atoms with E-state index in [1.165, 1.54) is 0 Å². The molecule has 1 aliphatic rings. The highest BCUT2D eigenvalue weighted by atomic mass is 79.9. The van der Waals surface area contributed by atoms with Gasteiger partial charge in [0.15, 0.2) is 0 Å². The van der Waals surface area contributed by atoms with Gasteiger partial charge in [0.25, 0.3) is 0 Å². The number of hydrogen-bond donors (Lipinski definition) is 2. The summed E-state index contributed by atoms with van der Waals surface area (Å²) in [6.07, 6.45) is 0. The number of benzene rings is 1. The average molecular weight is 297 g/mol. The first-order chi connectivity index (χ1) is 7.74. The van der Waals surface area contributed by atoms with Crippen molar-refractivity contribution >= 4 is 33.2 Å². The Balaban J connectivity index is 2.55. The first-order valence-electron chi connectivity index (χ1n) is 5.63. The zero-order chi connectivity index (χ0) is 12.8. The molecule has 0 bridgehead atoms. The summed E-state index contributed by atoms with van der Waals surface area (Å²) in [4.78, 5) is 12.2. The Bertz CT molecular complexity index is 480. The third-order valence-corrected chi connectivity index (χ3v) is 4.30. The van der Waals surface area contributed by atoms with Gasteiger partial charge in [-0.05, 0) is 45.9 Å². The van der Waals surface area contributed by atoms with Crippen molar-refractivity contribution in [2.45, 2.75) is 33.2 Å². The number of nitrogens with one attached hydrogen (secondary N) is 2. The van der Waals surface area contributed by atoms with Crippen LogP contribution in [0.5, 0.6) is 0 Å². The molecule has 92 valence electrons. The number of carbonyl (C=O) groups excluding carboxylic acids is 1. The van der Waals surface area contributed by atoms with Crippen molar-refractivity contribution in [3.63, 3.8) is 0 Å². The Hall–Kier alpha value is -1.03. The molecular weight excluding hydrogens is 280 g/mol. The van der Waals surface area contributed by atoms with Crippen LogP contribution in [-0.4, -0.2) is 11.4 Å². The minimum absolute atomic E-state index is 0.0380. The van der Waals surface area contributed by atoms with Crippen LogP contribution < -0.4 is 10.6 Å². The van der Waals surface area contributed by atoms with Crippen molar-refractivity contribution in [2.24, 2.45) is 5.41 Å². The van der Waals surface area contributed by atoms with Gasteiger partial charge in [0.05, 0.1) is 16.8 Å². The number of hydrogen-bond acceptors (Lipinski definition) is 2. The van der Waals surface area contributed by atoms with Crippen LogP contribution in [0.3, 0.4) is 0 Å². The second-order valence-electron chi connectivity index (χ2n) is 5.52. The highest BCUT2D eigenvalue weighted by Gasteiger charge is 2.45. The average Bonchev–Trinajstić information content (AvgIpc) is 2.25. The van der Waals surface area contributed by atoms with Crippen molar-refractivity contribution in [3.05, 3.63) is 22.7 Å². The summed E-state index contributed by atoms with van der Waals surface area (Å²) in [6.45, 7) is 8.00. The first kappa shape index (κ1) is 12.4. The SMILES string of the molecule is CC1(C)Nc2cc(Br)ccc2NC(=O)C1(C)C. The van der Waals surface area contributed by atoms with Crippen molar-refractivity contribution in [2.75, 3.05) is 10.6 Å². The molecule has 0 aromatic heterocycles. The van der Waals surface area contributed by atoms with E-state index < -0.39 is 5.41 Å². The number of carbonyl (C=O) groups is 1. The van der Waals surface area contributed by atoms with Crippen LogP contribution in [0.2, 0.25) is 0 Å². The Morgan fingerprint density at radius 2 is 1.76 bits per heavy atom. The molecule has 3 nitrogen and oxygen atoms in total. The Morgan fingerprint density at radius 3 is 2.41 bits per heavy atom. The zero-order valence-electron chi connectivity index (χ0n) is 10.5. The fourth-order valence-electron chi connectivity index (χ4n) is 1.78. The molecule has 0 saturated carbocycles. The Kier molecular flexibility index (Phi) is 2.73. The molecular formula is C13H17BrN2O. The van der Waals surface area contributed by atoms with Gasteiger partial charge >= 0.3 is 0 Å². The predicted octanol–water partition coefficient (Wildman–Crippen LogP) is 3.62. The number of rotatable bonds is 0. The van der Waals surface area contributed by atoms with Gasteiger partial charge in [0.1, 0.15) is 0 Å². The highest BCUT2D eigenvalue weighted by Crippen LogP contribution is 2.40. The van der Waals surface area contributed by atoms with Crippen molar-refractivity contribution in [1.82, 2.24) is 0 Å². The van der Waals surface area contributed by atoms with Crippen LogP contribution in [0.4, 0.5) is 11.4 Å². The second-order valence-corrected chi connectivity index (χ2v) is 6.43. The lowest BCUT2D eigenvalue weighted by Crippen LogP contribution is -2.50. The maximum atomic E-state index is 12.2. The van der Waals surface area contributed by atoms with Gasteiger partial charge in [-0.2, -0.15) is 0 Å². The molecule has 2 rings (SSSR count). The van der Waals surface area contributed by atoms with Gasteiger partial charge < -0.3 is 10.6 Å². The van der Waals surface area contributed by atoms with Gasteiger partial charge in [-0.25, -0.2) is 0 Å². The highest BCUT2D eigenvalue weighted by molar-refractivity contribution is 9.10. The van der Waals surface area contributed by atoms with E-state index in [4.69, 9.17) is 0 Å². The van der Waals surface area contributed by atoms with Crippen molar-refractivity contribution < 1.29 is 4.79 Å². The molecule has 1 aliphatic heterocycles. The molecule has 1 amide bonds. The van der Waals surface area contributed by atoms with Crippen molar-refractivity contribution in [3.8, 4) is 0 Å². The van der Waals surface area contributed by atoms with E-state index in [0.29, 0.717) is 0 Å². The molecule has 1 aromatic rings. The topological polar surface area (TPSA) is 41.1 Å². The van der Waals surface area contributed by atoms with E-state index >= 15 is 0 Å². The monoisotopic (exact) mass is 296 g/mol. The molecule has 17 heavy (non-hydrogen) atoms. The first-order valence-corrected chi connectivity index (χ1v) is 6.42. The Labute approximate surface area is 110 Å². The maximum absolute atomic E-state index is 12.2. The van der Waals surface area contributed by atoms with Crippen molar-refractivity contribution in [1.29, 1.82) is 0 Å². The summed E-state index contributed by atoms with van der Waals surface area (Å²) in [5.41, 5.74) is 0.974. The molecule has 2 N–H and O–H groups in total. The van der Waals surface area contributed by atoms with Crippen LogP contribution >= 0.6 is 15.9 Å². The Morgan fingerprint density at radius 1 is 1.12 bits per heavy atom. The molecule has 0 atom stereocenters. The number of anilines is 2. The fraction of sp³-hybridized carbons (Fsp3) is 0.462. The predicted molar refractivity (Wildman–Crippen MR) is 74.3 cm³/mol. The maximum Gasteiger partial charge on any atom is 0.232 e. The van der Waals surface area contributed by atoms with E-state index in [1.807, 2.05) is 45.9 Å². The minimum atomic E-state index is -0.488. The van der Waals surface area contributed by atoms with Gasteiger partial charge in [0.2, 0.25) is 5.91 Å². The second kappa shape index (κ2) is 3.73. The largest absolute Gasteiger partial charge is 0.377 e. The molecule has 0 saturated heterocycles. The summed E-state index contributed by atoms with van der Waals surface area (Å²) in [7, 11) is 0. The third kappa shape index (κ3) is 1.95. The fourth-order valence-corrected chi connectivity index (χ4v) is 2.15.